The van der Waals surface area contributed by atoms with E-state index in [4.69, 9.17) is 0 Å². The van der Waals surface area contributed by atoms with Gasteiger partial charge in [0.15, 0.2) is 0 Å². The Hall–Kier alpha value is -0.312. The number of hydrogen-bond donors (Lipinski definition) is 0. The van der Waals surface area contributed by atoms with Crippen molar-refractivity contribution in [2.24, 2.45) is 11.8 Å². The summed E-state index contributed by atoms with van der Waals surface area (Å²) in [7, 11) is 6.61. The van der Waals surface area contributed by atoms with Crippen LogP contribution in [0.3, 0.4) is 0 Å². The van der Waals surface area contributed by atoms with E-state index in [0.29, 0.717) is 0 Å². The Morgan fingerprint density at radius 2 is 1.12 bits per heavy atom. The first-order chi connectivity index (χ1) is 23.3. The van der Waals surface area contributed by atoms with Gasteiger partial charge >= 0.3 is 0 Å². The molecule has 280 valence electrons. The molecule has 2 aromatic carbocycles. The van der Waals surface area contributed by atoms with Gasteiger partial charge in [0, 0.05) is 118 Å². The first kappa shape index (κ1) is 45.1. The van der Waals surface area contributed by atoms with Gasteiger partial charge in [-0.25, -0.2) is 0 Å². The van der Waals surface area contributed by atoms with Gasteiger partial charge < -0.3 is 19.6 Å². The number of fused-ring (bicyclic) bond motifs is 11. The third kappa shape index (κ3) is 10.9. The third-order valence-corrected chi connectivity index (χ3v) is 9.94. The van der Waals surface area contributed by atoms with E-state index in [9.17, 15) is 0 Å². The Bertz CT molecular complexity index is 1420. The van der Waals surface area contributed by atoms with Crippen molar-refractivity contribution in [1.29, 1.82) is 0 Å². The van der Waals surface area contributed by atoms with Crippen molar-refractivity contribution in [3.05, 3.63) is 45.5 Å². The first-order valence-electron chi connectivity index (χ1n) is 19.2. The van der Waals surface area contributed by atoms with E-state index in [2.05, 4.69) is 135 Å². The predicted octanol–water partition coefficient (Wildman–Crippen LogP) is 6.94. The van der Waals surface area contributed by atoms with Crippen molar-refractivity contribution >= 4 is 22.7 Å². The Morgan fingerprint density at radius 3 is 1.71 bits per heavy atom. The second-order valence-electron chi connectivity index (χ2n) is 16.8. The zero-order chi connectivity index (χ0) is 35.6. The molecule has 0 amide bonds. The maximum atomic E-state index is 3.79. The molecule has 6 aliphatic rings. The SMILES string of the molecule is CC(C)C.CC(C)C.CCN1CN(C)Cc2c1[c-]c1c(c2C)N2CCCN(C1)C2.Cc1[c-]c2c(c3c1N1CCCN(C3)C1)N(C)CN(C)C2.[Y].[Y]. The van der Waals surface area contributed by atoms with E-state index in [-0.39, 0.29) is 65.4 Å². The number of nitrogens with zero attached hydrogens (tertiary/aromatic N) is 8. The molecule has 2 aromatic rings. The summed E-state index contributed by atoms with van der Waals surface area (Å²) in [5, 5.41) is 0. The van der Waals surface area contributed by atoms with Crippen LogP contribution in [0, 0.1) is 37.8 Å². The molecule has 0 N–H and O–H groups in total. The van der Waals surface area contributed by atoms with E-state index in [1.54, 1.807) is 0 Å². The number of anilines is 4. The molecule has 4 bridgehead atoms. The van der Waals surface area contributed by atoms with Crippen LogP contribution in [-0.2, 0) is 91.6 Å². The molecule has 6 heterocycles. The van der Waals surface area contributed by atoms with Crippen molar-refractivity contribution in [3.63, 3.8) is 0 Å². The monoisotopic (exact) mass is 850 g/mol. The fraction of sp³-hybridized carbons (Fsp3) is 0.707. The topological polar surface area (TPSA) is 25.9 Å². The molecule has 2 saturated heterocycles. The first-order valence-corrected chi connectivity index (χ1v) is 19.2. The Morgan fingerprint density at radius 1 is 0.588 bits per heavy atom. The van der Waals surface area contributed by atoms with Crippen LogP contribution in [-0.4, -0.2) is 100 Å². The van der Waals surface area contributed by atoms with Crippen LogP contribution in [0.5, 0.6) is 0 Å². The number of aryl methyl sites for hydroxylation is 1. The van der Waals surface area contributed by atoms with Crippen LogP contribution in [0.4, 0.5) is 22.7 Å². The van der Waals surface area contributed by atoms with Crippen molar-refractivity contribution in [2.45, 2.75) is 101 Å². The summed E-state index contributed by atoms with van der Waals surface area (Å²) in [6, 6.07) is 7.47. The summed E-state index contributed by atoms with van der Waals surface area (Å²) in [5.74, 6) is 1.67. The zero-order valence-electron chi connectivity index (χ0n) is 34.5. The van der Waals surface area contributed by atoms with E-state index in [0.717, 1.165) is 71.2 Å². The second-order valence-corrected chi connectivity index (χ2v) is 16.8. The summed E-state index contributed by atoms with van der Waals surface area (Å²) >= 11 is 0. The van der Waals surface area contributed by atoms with Crippen LogP contribution in [0.15, 0.2) is 0 Å². The summed E-state index contributed by atoms with van der Waals surface area (Å²) < 4.78 is 0. The number of rotatable bonds is 1. The second kappa shape index (κ2) is 20.0. The minimum absolute atomic E-state index is 0. The summed E-state index contributed by atoms with van der Waals surface area (Å²) in [5.41, 5.74) is 14.4. The average Bonchev–Trinajstić information content (AvgIpc) is 3.00. The molecule has 0 spiro atoms. The molecule has 8 rings (SSSR count). The Labute approximate surface area is 363 Å². The van der Waals surface area contributed by atoms with Crippen LogP contribution < -0.4 is 19.6 Å². The third-order valence-electron chi connectivity index (χ3n) is 9.94. The van der Waals surface area contributed by atoms with Gasteiger partial charge in [0.2, 0.25) is 0 Å². The summed E-state index contributed by atoms with van der Waals surface area (Å²) in [4.78, 5) is 19.9. The largest absolute Gasteiger partial charge is 0.414 e. The van der Waals surface area contributed by atoms with Gasteiger partial charge in [-0.15, -0.1) is 27.8 Å². The maximum Gasteiger partial charge on any atom is 0.0676 e. The van der Waals surface area contributed by atoms with Gasteiger partial charge in [-0.2, -0.15) is 12.1 Å². The standard InChI is InChI=1S/C17H25N4.C16H23N4.2C4H10.2Y/c1-4-20-11-18(3)10-15-13(2)17-14(8-16(15)20)9-19-6-5-7-21(17)12-19;1-12-7-13-8-17(2)10-18(3)16(13)14-9-19-5-4-6-20(11-19)15(12)14;2*1-4(2)3;;/h4-7,9-12H2,1-3H3;4-6,8-11H2,1-3H3;2*4H,1-3H3;;/q2*-1;;;;. The zero-order valence-corrected chi connectivity index (χ0v) is 40.2. The molecular formula is C41H68N8Y2-2. The van der Waals surface area contributed by atoms with Gasteiger partial charge in [0.1, 0.15) is 0 Å². The minimum atomic E-state index is 0. The molecule has 8 nitrogen and oxygen atoms in total. The van der Waals surface area contributed by atoms with Gasteiger partial charge in [0.25, 0.3) is 0 Å². The van der Waals surface area contributed by atoms with Crippen LogP contribution in [0.1, 0.15) is 94.7 Å². The molecule has 6 aliphatic heterocycles. The molecule has 2 radical (unpaired) electrons. The fourth-order valence-corrected chi connectivity index (χ4v) is 8.35. The Kier molecular flexibility index (Phi) is 17.7. The molecule has 10 heteroatoms. The Balaban J connectivity index is 0.000000221. The van der Waals surface area contributed by atoms with E-state index in [1.807, 2.05) is 0 Å². The van der Waals surface area contributed by atoms with Crippen molar-refractivity contribution in [3.8, 4) is 0 Å². The van der Waals surface area contributed by atoms with Crippen molar-refractivity contribution in [1.82, 2.24) is 19.6 Å². The van der Waals surface area contributed by atoms with Gasteiger partial charge in [-0.1, -0.05) is 83.7 Å². The van der Waals surface area contributed by atoms with Gasteiger partial charge in [0.05, 0.1) is 26.7 Å². The smallest absolute Gasteiger partial charge is 0.0676 e. The quantitative estimate of drug-likeness (QED) is 0.285. The van der Waals surface area contributed by atoms with Gasteiger partial charge in [-0.3, -0.25) is 19.6 Å². The van der Waals surface area contributed by atoms with Crippen LogP contribution in [0.2, 0.25) is 0 Å². The fourth-order valence-electron chi connectivity index (χ4n) is 8.35. The van der Waals surface area contributed by atoms with Gasteiger partial charge in [-0.05, 0) is 59.3 Å². The summed E-state index contributed by atoms with van der Waals surface area (Å²) in [6.45, 7) is 34.2. The summed E-state index contributed by atoms with van der Waals surface area (Å²) in [6.07, 6.45) is 2.57. The molecule has 2 fully saturated rings. The number of benzene rings is 2. The maximum absolute atomic E-state index is 3.79. The van der Waals surface area contributed by atoms with Crippen molar-refractivity contribution in [2.75, 3.05) is 100 Å². The average molecular weight is 851 g/mol. The van der Waals surface area contributed by atoms with Crippen LogP contribution >= 0.6 is 0 Å². The molecule has 51 heavy (non-hydrogen) atoms. The van der Waals surface area contributed by atoms with Crippen LogP contribution in [0.25, 0.3) is 0 Å². The number of hydrogen-bond acceptors (Lipinski definition) is 8. The molecule has 0 aliphatic carbocycles. The van der Waals surface area contributed by atoms with E-state index < -0.39 is 0 Å². The molecule has 2 atom stereocenters. The normalized spacial score (nSPS) is 21.6. The van der Waals surface area contributed by atoms with E-state index >= 15 is 0 Å². The van der Waals surface area contributed by atoms with Crippen molar-refractivity contribution < 1.29 is 65.4 Å². The minimum Gasteiger partial charge on any atom is -0.414 e. The van der Waals surface area contributed by atoms with E-state index in [1.165, 1.54) is 95.2 Å². The molecule has 0 aromatic heterocycles. The predicted molar refractivity (Wildman–Crippen MR) is 210 cm³/mol. The molecule has 0 saturated carbocycles. The molecule has 2 unspecified atom stereocenters. The molecular weight excluding hydrogens is 782 g/mol.